The van der Waals surface area contributed by atoms with Crippen molar-refractivity contribution >= 4 is 179 Å². The standard InChI is InChI=1S/C39H19Cl14NO2/c1-55-19-11-7-17(8-12-19)54(18-9-13-20(56-2)14-10-18)16-5-3-15(4-6-16)21-26(40)28(42)23(29(43)27(21)41)22(24-30(44)34(48)38(52)35(49)31(24)45)25-32(46)36(50)39(53)37(51)33(25)47/h3-14,22H,1-2H3. The number of methoxy groups -OCH3 is 2. The molecule has 0 fully saturated rings. The van der Waals surface area contributed by atoms with Crippen LogP contribution in [0.5, 0.6) is 11.5 Å². The molecule has 0 saturated heterocycles. The maximum Gasteiger partial charge on any atom is 0.119 e. The molecule has 0 aliphatic carbocycles. The van der Waals surface area contributed by atoms with E-state index >= 15 is 0 Å². The van der Waals surface area contributed by atoms with Crippen molar-refractivity contribution in [3.05, 3.63) is 160 Å². The molecule has 290 valence electrons. The van der Waals surface area contributed by atoms with Crippen molar-refractivity contribution in [1.82, 2.24) is 0 Å². The van der Waals surface area contributed by atoms with E-state index in [0.717, 1.165) is 17.1 Å². The minimum atomic E-state index is -1.30. The second-order valence-electron chi connectivity index (χ2n) is 11.7. The zero-order valence-corrected chi connectivity index (χ0v) is 38.6. The summed E-state index contributed by atoms with van der Waals surface area (Å²) in [5.41, 5.74) is 3.54. The van der Waals surface area contributed by atoms with Crippen molar-refractivity contribution in [2.75, 3.05) is 19.1 Å². The third kappa shape index (κ3) is 8.03. The summed E-state index contributed by atoms with van der Waals surface area (Å²) in [7, 11) is 3.22. The molecular formula is C39H19Cl14NO2. The van der Waals surface area contributed by atoms with E-state index in [1.807, 2.05) is 77.7 Å². The van der Waals surface area contributed by atoms with Crippen LogP contribution in [0, 0.1) is 0 Å². The number of anilines is 3. The lowest BCUT2D eigenvalue weighted by Gasteiger charge is -2.29. The van der Waals surface area contributed by atoms with Gasteiger partial charge in [-0.2, -0.15) is 0 Å². The quantitative estimate of drug-likeness (QED) is 0.0818. The Kier molecular flexibility index (Phi) is 14.4. The molecule has 17 heteroatoms. The third-order valence-electron chi connectivity index (χ3n) is 8.73. The summed E-state index contributed by atoms with van der Waals surface area (Å²) in [6, 6.07) is 22.7. The monoisotopic (exact) mass is 1020 g/mol. The number of ether oxygens (including phenoxy) is 2. The second-order valence-corrected chi connectivity index (χ2v) is 17.0. The van der Waals surface area contributed by atoms with Crippen LogP contribution in [0.15, 0.2) is 72.8 Å². The van der Waals surface area contributed by atoms with Crippen LogP contribution in [0.25, 0.3) is 11.1 Å². The van der Waals surface area contributed by atoms with Crippen molar-refractivity contribution in [2.24, 2.45) is 0 Å². The molecule has 6 aromatic carbocycles. The highest BCUT2D eigenvalue weighted by atomic mass is 35.5. The van der Waals surface area contributed by atoms with Crippen molar-refractivity contribution in [3.63, 3.8) is 0 Å². The summed E-state index contributed by atoms with van der Waals surface area (Å²) in [6.45, 7) is 0. The van der Waals surface area contributed by atoms with Gasteiger partial charge < -0.3 is 14.4 Å². The van der Waals surface area contributed by atoms with Gasteiger partial charge in [0.15, 0.2) is 0 Å². The van der Waals surface area contributed by atoms with Crippen LogP contribution in [-0.4, -0.2) is 14.2 Å². The molecule has 0 amide bonds. The lowest BCUT2D eigenvalue weighted by atomic mass is 9.83. The van der Waals surface area contributed by atoms with E-state index in [-0.39, 0.29) is 87.0 Å². The molecule has 0 atom stereocenters. The summed E-state index contributed by atoms with van der Waals surface area (Å²) >= 11 is 95.0. The first-order chi connectivity index (χ1) is 26.5. The van der Waals surface area contributed by atoms with Gasteiger partial charge in [0.25, 0.3) is 0 Å². The van der Waals surface area contributed by atoms with Crippen molar-refractivity contribution in [1.29, 1.82) is 0 Å². The Labute approximate surface area is 392 Å². The van der Waals surface area contributed by atoms with Crippen LogP contribution in [0.3, 0.4) is 0 Å². The number of hydrogen-bond donors (Lipinski definition) is 0. The fourth-order valence-electron chi connectivity index (χ4n) is 6.03. The molecule has 0 heterocycles. The average Bonchev–Trinajstić information content (AvgIpc) is 3.21. The second kappa shape index (κ2) is 18.2. The minimum absolute atomic E-state index is 0.00721. The molecule has 0 N–H and O–H groups in total. The molecule has 0 bridgehead atoms. The molecule has 0 saturated carbocycles. The lowest BCUT2D eigenvalue weighted by Crippen LogP contribution is -2.11. The summed E-state index contributed by atoms with van der Waals surface area (Å²) in [5.74, 6) is 0.116. The van der Waals surface area contributed by atoms with Gasteiger partial charge in [-0.1, -0.05) is 175 Å². The Bertz CT molecular complexity index is 2290. The van der Waals surface area contributed by atoms with Gasteiger partial charge in [0.1, 0.15) is 11.5 Å². The van der Waals surface area contributed by atoms with E-state index in [0.29, 0.717) is 22.6 Å². The van der Waals surface area contributed by atoms with E-state index in [1.165, 1.54) is 0 Å². The fraction of sp³-hybridized carbons (Fsp3) is 0.0769. The van der Waals surface area contributed by atoms with E-state index in [2.05, 4.69) is 0 Å². The third-order valence-corrected chi connectivity index (χ3v) is 15.1. The van der Waals surface area contributed by atoms with E-state index < -0.39 is 5.92 Å². The van der Waals surface area contributed by atoms with Crippen LogP contribution < -0.4 is 14.4 Å². The van der Waals surface area contributed by atoms with E-state index in [1.54, 1.807) is 14.2 Å². The number of nitrogens with zero attached hydrogens (tertiary/aromatic N) is 1. The van der Waals surface area contributed by atoms with E-state index in [9.17, 15) is 0 Å². The van der Waals surface area contributed by atoms with Gasteiger partial charge in [-0.15, -0.1) is 0 Å². The number of halogens is 14. The largest absolute Gasteiger partial charge is 0.497 e. The van der Waals surface area contributed by atoms with Gasteiger partial charge in [0.05, 0.1) is 84.5 Å². The summed E-state index contributed by atoms with van der Waals surface area (Å²) in [6.07, 6.45) is 0. The van der Waals surface area contributed by atoms with E-state index in [4.69, 9.17) is 172 Å². The Balaban J connectivity index is 1.56. The molecule has 6 aromatic rings. The Morgan fingerprint density at radius 3 is 0.875 bits per heavy atom. The molecule has 3 nitrogen and oxygen atoms in total. The van der Waals surface area contributed by atoms with Crippen molar-refractivity contribution in [2.45, 2.75) is 5.92 Å². The van der Waals surface area contributed by atoms with Gasteiger partial charge in [0.2, 0.25) is 0 Å². The summed E-state index contributed by atoms with van der Waals surface area (Å²) < 4.78 is 10.8. The van der Waals surface area contributed by atoms with Gasteiger partial charge in [-0.3, -0.25) is 0 Å². The predicted molar refractivity (Wildman–Crippen MR) is 244 cm³/mol. The highest BCUT2D eigenvalue weighted by molar-refractivity contribution is 6.57. The predicted octanol–water partition coefficient (Wildman–Crippen LogP) is 19.2. The zero-order chi connectivity index (χ0) is 40.9. The number of benzene rings is 6. The number of rotatable bonds is 9. The van der Waals surface area contributed by atoms with Crippen LogP contribution in [-0.2, 0) is 0 Å². The van der Waals surface area contributed by atoms with Crippen molar-refractivity contribution < 1.29 is 9.47 Å². The van der Waals surface area contributed by atoms with Gasteiger partial charge in [-0.25, -0.2) is 0 Å². The molecule has 0 aliphatic rings. The van der Waals surface area contributed by atoms with Gasteiger partial charge in [-0.05, 0) is 66.2 Å². The smallest absolute Gasteiger partial charge is 0.119 e. The molecule has 56 heavy (non-hydrogen) atoms. The molecule has 0 radical (unpaired) electrons. The summed E-state index contributed by atoms with van der Waals surface area (Å²) in [5, 5.41) is -1.46. The first-order valence-corrected chi connectivity index (χ1v) is 20.9. The highest BCUT2D eigenvalue weighted by Crippen LogP contribution is 2.59. The highest BCUT2D eigenvalue weighted by Gasteiger charge is 2.37. The summed E-state index contributed by atoms with van der Waals surface area (Å²) in [4.78, 5) is 2.05. The lowest BCUT2D eigenvalue weighted by molar-refractivity contribution is 0.415. The van der Waals surface area contributed by atoms with Crippen LogP contribution >= 0.6 is 162 Å². The average molecular weight is 1030 g/mol. The minimum Gasteiger partial charge on any atom is -0.497 e. The molecule has 6 rings (SSSR count). The van der Waals surface area contributed by atoms with Crippen LogP contribution in [0.2, 0.25) is 70.3 Å². The van der Waals surface area contributed by atoms with Gasteiger partial charge >= 0.3 is 0 Å². The molecule has 0 spiro atoms. The molecule has 0 unspecified atom stereocenters. The first-order valence-electron chi connectivity index (χ1n) is 15.6. The fourth-order valence-corrected chi connectivity index (χ4v) is 10.1. The van der Waals surface area contributed by atoms with Crippen LogP contribution in [0.1, 0.15) is 22.6 Å². The Hall–Kier alpha value is -1.22. The normalized spacial score (nSPS) is 11.4. The SMILES string of the molecule is COc1ccc(N(c2ccc(OC)cc2)c2ccc(-c3c(Cl)c(Cl)c(C(c4c(Cl)c(Cl)c(Cl)c(Cl)c4Cl)c4c(Cl)c(Cl)c(Cl)c(Cl)c4Cl)c(Cl)c3Cl)cc2)cc1. The van der Waals surface area contributed by atoms with Crippen LogP contribution in [0.4, 0.5) is 17.1 Å². The maximum absolute atomic E-state index is 7.18. The first kappa shape index (κ1) is 44.3. The molecular weight excluding hydrogens is 1010 g/mol. The molecule has 0 aliphatic heterocycles. The topological polar surface area (TPSA) is 21.7 Å². The van der Waals surface area contributed by atoms with Crippen molar-refractivity contribution in [3.8, 4) is 22.6 Å². The maximum atomic E-state index is 7.18. The zero-order valence-electron chi connectivity index (χ0n) is 28.1. The molecule has 0 aromatic heterocycles. The Morgan fingerprint density at radius 2 is 0.589 bits per heavy atom. The Morgan fingerprint density at radius 1 is 0.339 bits per heavy atom. The van der Waals surface area contributed by atoms with Gasteiger partial charge in [0, 0.05) is 45.2 Å². The number of hydrogen-bond acceptors (Lipinski definition) is 3.